The summed E-state index contributed by atoms with van der Waals surface area (Å²) in [5.41, 5.74) is -4.21. The largest absolute Gasteiger partial charge is 0.479 e. The van der Waals surface area contributed by atoms with Crippen LogP contribution in [-0.4, -0.2) is 251 Å². The van der Waals surface area contributed by atoms with E-state index in [0.29, 0.717) is 37.7 Å². The third-order valence-corrected chi connectivity index (χ3v) is 21.9. The minimum Gasteiger partial charge on any atom is -0.479 e. The highest BCUT2D eigenvalue weighted by molar-refractivity contribution is 5.87. The molecule has 0 spiro atoms. The van der Waals surface area contributed by atoms with Crippen LogP contribution in [0.15, 0.2) is 23.3 Å². The predicted octanol–water partition coefficient (Wildman–Crippen LogP) is -2.58. The number of allylic oxidation sites excluding steroid dienone is 3. The van der Waals surface area contributed by atoms with Crippen molar-refractivity contribution in [3.05, 3.63) is 23.3 Å². The minimum atomic E-state index is -2.27. The molecule has 4 saturated carbocycles. The molecular formula is C57H88O26. The van der Waals surface area contributed by atoms with Crippen molar-refractivity contribution < 1.29 is 129 Å². The van der Waals surface area contributed by atoms with Gasteiger partial charge in [0, 0.05) is 11.0 Å². The third-order valence-electron chi connectivity index (χ3n) is 21.9. The quantitative estimate of drug-likeness (QED) is 0.0279. The molecule has 4 heterocycles. The summed E-state index contributed by atoms with van der Waals surface area (Å²) in [6, 6.07) is 0. The summed E-state index contributed by atoms with van der Waals surface area (Å²) in [6.45, 7) is 12.7. The van der Waals surface area contributed by atoms with E-state index in [-0.39, 0.29) is 18.8 Å². The van der Waals surface area contributed by atoms with Crippen LogP contribution in [0, 0.1) is 50.2 Å². The van der Waals surface area contributed by atoms with E-state index in [2.05, 4.69) is 26.8 Å². The molecule has 9 rings (SSSR count). The first-order valence-electron chi connectivity index (χ1n) is 29.0. The first-order chi connectivity index (χ1) is 38.9. The van der Waals surface area contributed by atoms with Crippen LogP contribution in [-0.2, 0) is 57.0 Å². The molecule has 2 unspecified atom stereocenters. The van der Waals surface area contributed by atoms with Crippen LogP contribution in [0.5, 0.6) is 0 Å². The third kappa shape index (κ3) is 10.4. The van der Waals surface area contributed by atoms with Gasteiger partial charge in [0.1, 0.15) is 97.8 Å². The molecule has 4 aliphatic heterocycles. The SMILES string of the molecule is C/C=C(\C)C(=O)O[C@H]1[C@H](O)[C@]2(CO)[C@H](O)C[C@]3(C)C(=CC[C@@H]4[C@@]5(C)CC[C@H](OC6O[C@H](C(=O)O)[C@@H](O)[C@H](O[C@@H]7OC[C@H](O)[C@H](O)C7O[C@@H]7OC[C@@H](O)[C@H](O)[C@H]7O)[C@H]6O[C@@H]6O[C@H](CO)[C@H](O)[C@H](O)[C@H]6O)[C@@](C)(C=O)[C@@H]5CC[C@]43C)[C@@H]2CC1(C)C. The van der Waals surface area contributed by atoms with Crippen molar-refractivity contribution in [2.45, 2.75) is 235 Å². The van der Waals surface area contributed by atoms with E-state index in [1.165, 1.54) is 0 Å². The number of esters is 1. The second-order valence-corrected chi connectivity index (χ2v) is 26.7. The van der Waals surface area contributed by atoms with Crippen LogP contribution in [0.4, 0.5) is 0 Å². The molecule has 8 fully saturated rings. The molecule has 26 heteroatoms. The lowest BCUT2D eigenvalue weighted by Crippen LogP contribution is -2.72. The molecule has 9 aliphatic rings. The maximum Gasteiger partial charge on any atom is 0.335 e. The Morgan fingerprint density at radius 3 is 1.94 bits per heavy atom. The van der Waals surface area contributed by atoms with Crippen molar-refractivity contribution in [1.82, 2.24) is 0 Å². The Balaban J connectivity index is 1.04. The van der Waals surface area contributed by atoms with Gasteiger partial charge >= 0.3 is 11.9 Å². The lowest BCUT2D eigenvalue weighted by molar-refractivity contribution is -0.398. The molecule has 0 radical (unpaired) electrons. The Labute approximate surface area is 480 Å². The van der Waals surface area contributed by atoms with Gasteiger partial charge in [-0.3, -0.25) is 0 Å². The maximum atomic E-state index is 14.1. The second-order valence-electron chi connectivity index (χ2n) is 26.7. The topological polar surface area (TPSA) is 418 Å². The molecule has 5 aliphatic carbocycles. The van der Waals surface area contributed by atoms with Gasteiger partial charge in [0.05, 0.1) is 49.5 Å². The second kappa shape index (κ2) is 23.6. The smallest absolute Gasteiger partial charge is 0.335 e. The van der Waals surface area contributed by atoms with Gasteiger partial charge in [0.15, 0.2) is 31.3 Å². The van der Waals surface area contributed by atoms with Crippen molar-refractivity contribution in [3.8, 4) is 0 Å². The standard InChI is InChI=1S/C57H88O26/c1-9-23(2)47(74)83-45-44(71)57(22-60)25(16-52(45,3)4)24-10-11-30-53(5)14-13-32(54(6,21-59)29(53)12-15-55(30,7)56(24,8)17-31(57)63)78-51-43(82-49-38(69)36(67)35(66)28(18-58)77-49)40(39(70)41(80-51)46(72)73)79-50-42(34(65)27(62)20-76-50)81-48-37(68)33(64)26(61)19-75-48/h9-10,21,25-45,48-51,58,60-71H,11-20,22H2,1-8H3,(H,72,73)/b23-9+/t25-,26+,27-,28+,29+,30+,31+,32-,33-,34-,35-,36-,37+,38+,39-,40-,41-,42?,43+,44-,45-,48-,49-,50-,51?,53-,54-,55+,56+,57-/m0/s1. The van der Waals surface area contributed by atoms with Crippen molar-refractivity contribution >= 4 is 18.2 Å². The van der Waals surface area contributed by atoms with Gasteiger partial charge in [-0.05, 0) is 92.8 Å². The van der Waals surface area contributed by atoms with Crippen LogP contribution in [0.25, 0.3) is 0 Å². The number of aliphatic hydroxyl groups excluding tert-OH is 13. The summed E-state index contributed by atoms with van der Waals surface area (Å²) in [4.78, 5) is 40.4. The highest BCUT2D eigenvalue weighted by atomic mass is 16.8. The van der Waals surface area contributed by atoms with Crippen molar-refractivity contribution in [2.75, 3.05) is 26.4 Å². The maximum absolute atomic E-state index is 14.1. The fourth-order valence-corrected chi connectivity index (χ4v) is 16.7. The van der Waals surface area contributed by atoms with E-state index in [1.54, 1.807) is 26.8 Å². The number of hydrogen-bond donors (Lipinski definition) is 14. The number of carboxylic acid groups (broad SMARTS) is 1. The summed E-state index contributed by atoms with van der Waals surface area (Å²) in [5, 5.41) is 155. The van der Waals surface area contributed by atoms with Crippen molar-refractivity contribution in [3.63, 3.8) is 0 Å². The van der Waals surface area contributed by atoms with E-state index in [4.69, 9.17) is 42.6 Å². The van der Waals surface area contributed by atoms with E-state index >= 15 is 0 Å². The minimum absolute atomic E-state index is 0.128. The summed E-state index contributed by atoms with van der Waals surface area (Å²) in [7, 11) is 0. The van der Waals surface area contributed by atoms with E-state index < -0.39 is 218 Å². The van der Waals surface area contributed by atoms with Crippen LogP contribution < -0.4 is 0 Å². The van der Waals surface area contributed by atoms with Crippen LogP contribution in [0.3, 0.4) is 0 Å². The number of fused-ring (bicyclic) bond motifs is 7. The monoisotopic (exact) mass is 1190 g/mol. The molecule has 472 valence electrons. The van der Waals surface area contributed by atoms with Gasteiger partial charge in [-0.25, -0.2) is 9.59 Å². The normalized spacial score (nSPS) is 52.6. The first kappa shape index (κ1) is 64.7. The zero-order valence-corrected chi connectivity index (χ0v) is 48.1. The zero-order chi connectivity index (χ0) is 61.0. The number of carbonyl (C=O) groups is 3. The summed E-state index contributed by atoms with van der Waals surface area (Å²) in [5.74, 6) is -3.45. The van der Waals surface area contributed by atoms with Gasteiger partial charge in [0.2, 0.25) is 0 Å². The molecule has 30 atom stereocenters. The van der Waals surface area contributed by atoms with E-state index in [9.17, 15) is 85.9 Å². The number of aliphatic hydroxyl groups is 13. The fraction of sp³-hybridized carbons (Fsp3) is 0.877. The van der Waals surface area contributed by atoms with Gasteiger partial charge in [0.25, 0.3) is 0 Å². The molecule has 0 aromatic carbocycles. The number of aldehydes is 1. The highest BCUT2D eigenvalue weighted by Gasteiger charge is 2.73. The van der Waals surface area contributed by atoms with Crippen LogP contribution in [0.1, 0.15) is 100 Å². The molecule has 0 bridgehead atoms. The van der Waals surface area contributed by atoms with Gasteiger partial charge < -0.3 is 119 Å². The Morgan fingerprint density at radius 1 is 0.687 bits per heavy atom. The lowest BCUT2D eigenvalue weighted by Gasteiger charge is -2.72. The summed E-state index contributed by atoms with van der Waals surface area (Å²) >= 11 is 0. The zero-order valence-electron chi connectivity index (χ0n) is 48.1. The fourth-order valence-electron chi connectivity index (χ4n) is 16.7. The van der Waals surface area contributed by atoms with E-state index in [0.717, 1.165) is 11.9 Å². The molecular weight excluding hydrogens is 1100 g/mol. The average Bonchev–Trinajstić information content (AvgIpc) is 0.730. The van der Waals surface area contributed by atoms with Gasteiger partial charge in [-0.2, -0.15) is 0 Å². The molecule has 83 heavy (non-hydrogen) atoms. The number of ether oxygens (including phenoxy) is 9. The number of rotatable bonds is 14. The molecule has 26 nitrogen and oxygen atoms in total. The molecule has 14 N–H and O–H groups in total. The predicted molar refractivity (Wildman–Crippen MR) is 279 cm³/mol. The van der Waals surface area contributed by atoms with Crippen molar-refractivity contribution in [2.24, 2.45) is 50.2 Å². The molecule has 4 saturated heterocycles. The summed E-state index contributed by atoms with van der Waals surface area (Å²) in [6.07, 6.45) is -32.2. The molecule has 0 amide bonds. The Hall–Kier alpha value is -2.75. The summed E-state index contributed by atoms with van der Waals surface area (Å²) < 4.78 is 54.1. The number of hydrogen-bond acceptors (Lipinski definition) is 25. The van der Waals surface area contributed by atoms with E-state index in [1.807, 2.05) is 13.8 Å². The van der Waals surface area contributed by atoms with Crippen LogP contribution >= 0.6 is 0 Å². The number of aliphatic carboxylic acids is 1. The average molecular weight is 1190 g/mol. The number of carbonyl (C=O) groups excluding carboxylic acids is 2. The molecule has 0 aromatic rings. The van der Waals surface area contributed by atoms with Gasteiger partial charge in [-0.1, -0.05) is 59.3 Å². The Morgan fingerprint density at radius 2 is 1.31 bits per heavy atom. The van der Waals surface area contributed by atoms with Crippen molar-refractivity contribution in [1.29, 1.82) is 0 Å². The van der Waals surface area contributed by atoms with Gasteiger partial charge in [-0.15, -0.1) is 0 Å². The highest BCUT2D eigenvalue weighted by Crippen LogP contribution is 2.76. The first-order valence-corrected chi connectivity index (χ1v) is 29.0. The Bertz CT molecular complexity index is 2420. The lowest BCUT2D eigenvalue weighted by atomic mass is 9.33. The Kier molecular flexibility index (Phi) is 18.4. The van der Waals surface area contributed by atoms with Crippen LogP contribution in [0.2, 0.25) is 0 Å². The molecule has 0 aromatic heterocycles. The number of carboxylic acids is 1.